The third-order valence-electron chi connectivity index (χ3n) is 2.50. The van der Waals surface area contributed by atoms with Crippen LogP contribution in [0.25, 0.3) is 6.08 Å². The van der Waals surface area contributed by atoms with E-state index in [1.54, 1.807) is 24.3 Å². The number of carbonyl (C=O) groups excluding carboxylic acids is 2. The molecule has 22 heavy (non-hydrogen) atoms. The van der Waals surface area contributed by atoms with Gasteiger partial charge in [-0.2, -0.15) is 0 Å². The van der Waals surface area contributed by atoms with Crippen molar-refractivity contribution in [1.29, 1.82) is 0 Å². The molecule has 2 aromatic rings. The molecule has 1 aromatic heterocycles. The minimum Gasteiger partial charge on any atom is -0.452 e. The molecule has 0 aliphatic heterocycles. The molecule has 1 N–H and O–H groups in total. The largest absolute Gasteiger partial charge is 0.452 e. The Morgan fingerprint density at radius 1 is 1.23 bits per heavy atom. The van der Waals surface area contributed by atoms with Crippen LogP contribution in [0.1, 0.15) is 4.88 Å². The lowest BCUT2D eigenvalue weighted by atomic mass is 10.3. The fourth-order valence-corrected chi connectivity index (χ4v) is 2.47. The van der Waals surface area contributed by atoms with Gasteiger partial charge in [0.25, 0.3) is 5.91 Å². The first-order chi connectivity index (χ1) is 10.6. The molecule has 0 fully saturated rings. The molecule has 1 aromatic carbocycles. The summed E-state index contributed by atoms with van der Waals surface area (Å²) in [7, 11) is 0. The molecule has 7 heteroatoms. The molecule has 0 aliphatic carbocycles. The Labute approximate surface area is 141 Å². The summed E-state index contributed by atoms with van der Waals surface area (Å²) in [6, 6.07) is 8.60. The standard InChI is InChI=1S/C15H11Cl2NO3S/c16-11-4-1-5-12(15(11)17)18-13(19)9-21-14(20)7-6-10-3-2-8-22-10/h1-8H,9H2,(H,18,19)/b7-6+. The lowest BCUT2D eigenvalue weighted by Gasteiger charge is -2.08. The van der Waals surface area contributed by atoms with Gasteiger partial charge < -0.3 is 10.1 Å². The van der Waals surface area contributed by atoms with E-state index in [1.165, 1.54) is 17.4 Å². The predicted octanol–water partition coefficient (Wildman–Crippen LogP) is 4.25. The summed E-state index contributed by atoms with van der Waals surface area (Å²) in [5, 5.41) is 4.98. The Hall–Kier alpha value is -1.82. The van der Waals surface area contributed by atoms with Crippen LogP contribution in [-0.2, 0) is 14.3 Å². The van der Waals surface area contributed by atoms with Gasteiger partial charge in [0.2, 0.25) is 0 Å². The molecular weight excluding hydrogens is 345 g/mol. The summed E-state index contributed by atoms with van der Waals surface area (Å²) in [4.78, 5) is 24.1. The van der Waals surface area contributed by atoms with Crippen molar-refractivity contribution in [2.24, 2.45) is 0 Å². The molecule has 0 bridgehead atoms. The molecule has 0 spiro atoms. The molecule has 0 saturated carbocycles. The molecular formula is C15H11Cl2NO3S. The average molecular weight is 356 g/mol. The lowest BCUT2D eigenvalue weighted by Crippen LogP contribution is -2.20. The minimum absolute atomic E-state index is 0.237. The highest BCUT2D eigenvalue weighted by atomic mass is 35.5. The molecule has 0 atom stereocenters. The maximum absolute atomic E-state index is 11.7. The molecule has 0 saturated heterocycles. The van der Waals surface area contributed by atoms with Crippen molar-refractivity contribution in [2.75, 3.05) is 11.9 Å². The highest BCUT2D eigenvalue weighted by Crippen LogP contribution is 2.29. The van der Waals surface area contributed by atoms with E-state index >= 15 is 0 Å². The van der Waals surface area contributed by atoms with Crippen LogP contribution in [0.3, 0.4) is 0 Å². The smallest absolute Gasteiger partial charge is 0.331 e. The number of hydrogen-bond donors (Lipinski definition) is 1. The number of rotatable bonds is 5. The first kappa shape index (κ1) is 16.5. The molecule has 2 rings (SSSR count). The Kier molecular flexibility index (Phi) is 6.00. The van der Waals surface area contributed by atoms with Gasteiger partial charge >= 0.3 is 5.97 Å². The van der Waals surface area contributed by atoms with E-state index in [4.69, 9.17) is 27.9 Å². The van der Waals surface area contributed by atoms with E-state index in [0.717, 1.165) is 4.88 Å². The van der Waals surface area contributed by atoms with Gasteiger partial charge in [0.15, 0.2) is 6.61 Å². The van der Waals surface area contributed by atoms with Crippen LogP contribution in [0.2, 0.25) is 10.0 Å². The van der Waals surface area contributed by atoms with Crippen molar-refractivity contribution >= 4 is 58.2 Å². The first-order valence-electron chi connectivity index (χ1n) is 6.18. The minimum atomic E-state index is -0.597. The number of anilines is 1. The summed E-state index contributed by atoms with van der Waals surface area (Å²) < 4.78 is 4.84. The summed E-state index contributed by atoms with van der Waals surface area (Å²) >= 11 is 13.3. The van der Waals surface area contributed by atoms with Crippen LogP contribution >= 0.6 is 34.5 Å². The zero-order valence-corrected chi connectivity index (χ0v) is 13.5. The van der Waals surface area contributed by atoms with Crippen molar-refractivity contribution < 1.29 is 14.3 Å². The maximum Gasteiger partial charge on any atom is 0.331 e. The summed E-state index contributed by atoms with van der Waals surface area (Å²) in [6.07, 6.45) is 2.89. The molecule has 0 aliphatic rings. The van der Waals surface area contributed by atoms with Gasteiger partial charge in [0.1, 0.15) is 0 Å². The molecule has 4 nitrogen and oxygen atoms in total. The van der Waals surface area contributed by atoms with Gasteiger partial charge in [-0.25, -0.2) is 4.79 Å². The molecule has 1 amide bonds. The number of halogens is 2. The third-order valence-corrected chi connectivity index (χ3v) is 4.15. The van der Waals surface area contributed by atoms with E-state index in [1.807, 2.05) is 17.5 Å². The van der Waals surface area contributed by atoms with Crippen LogP contribution in [0, 0.1) is 0 Å². The van der Waals surface area contributed by atoms with Crippen molar-refractivity contribution in [3.8, 4) is 0 Å². The molecule has 0 unspecified atom stereocenters. The van der Waals surface area contributed by atoms with Crippen LogP contribution in [0.4, 0.5) is 5.69 Å². The van der Waals surface area contributed by atoms with Crippen molar-refractivity contribution in [3.05, 3.63) is 56.7 Å². The highest BCUT2D eigenvalue weighted by Gasteiger charge is 2.09. The van der Waals surface area contributed by atoms with Gasteiger partial charge in [0.05, 0.1) is 15.7 Å². The normalized spacial score (nSPS) is 10.6. The van der Waals surface area contributed by atoms with Crippen LogP contribution < -0.4 is 5.32 Å². The second-order valence-corrected chi connectivity index (χ2v) is 5.87. The lowest BCUT2D eigenvalue weighted by molar-refractivity contribution is -0.142. The first-order valence-corrected chi connectivity index (χ1v) is 7.82. The van der Waals surface area contributed by atoms with Crippen LogP contribution in [0.15, 0.2) is 41.8 Å². The number of esters is 1. The number of benzene rings is 1. The zero-order chi connectivity index (χ0) is 15.9. The third kappa shape index (κ3) is 4.87. The number of thiophene rings is 1. The van der Waals surface area contributed by atoms with Crippen molar-refractivity contribution in [2.45, 2.75) is 0 Å². The number of nitrogens with one attached hydrogen (secondary N) is 1. The topological polar surface area (TPSA) is 55.4 Å². The fraction of sp³-hybridized carbons (Fsp3) is 0.0667. The van der Waals surface area contributed by atoms with Gasteiger partial charge in [-0.3, -0.25) is 4.79 Å². The number of ether oxygens (including phenoxy) is 1. The maximum atomic E-state index is 11.7. The zero-order valence-electron chi connectivity index (χ0n) is 11.2. The Bertz CT molecular complexity index is 699. The second-order valence-electron chi connectivity index (χ2n) is 4.11. The van der Waals surface area contributed by atoms with Crippen molar-refractivity contribution in [1.82, 2.24) is 0 Å². The van der Waals surface area contributed by atoms with E-state index in [9.17, 15) is 9.59 Å². The van der Waals surface area contributed by atoms with E-state index in [-0.39, 0.29) is 5.02 Å². The molecule has 0 radical (unpaired) electrons. The van der Waals surface area contributed by atoms with Crippen LogP contribution in [0.5, 0.6) is 0 Å². The van der Waals surface area contributed by atoms with E-state index in [2.05, 4.69) is 5.32 Å². The average Bonchev–Trinajstić information content (AvgIpc) is 3.01. The number of hydrogen-bond acceptors (Lipinski definition) is 4. The van der Waals surface area contributed by atoms with E-state index < -0.39 is 18.5 Å². The monoisotopic (exact) mass is 355 g/mol. The molecule has 1 heterocycles. The number of amides is 1. The highest BCUT2D eigenvalue weighted by molar-refractivity contribution is 7.10. The Morgan fingerprint density at radius 3 is 2.77 bits per heavy atom. The Balaban J connectivity index is 1.82. The van der Waals surface area contributed by atoms with Crippen molar-refractivity contribution in [3.63, 3.8) is 0 Å². The summed E-state index contributed by atoms with van der Waals surface area (Å²) in [5.41, 5.74) is 0.365. The van der Waals surface area contributed by atoms with Gasteiger partial charge in [-0.1, -0.05) is 35.3 Å². The fourth-order valence-electron chi connectivity index (χ4n) is 1.51. The van der Waals surface area contributed by atoms with Gasteiger partial charge in [-0.05, 0) is 29.7 Å². The SMILES string of the molecule is O=C(COC(=O)/C=C/c1cccs1)Nc1cccc(Cl)c1Cl. The summed E-state index contributed by atoms with van der Waals surface area (Å²) in [5.74, 6) is -1.09. The van der Waals surface area contributed by atoms with Gasteiger partial charge in [-0.15, -0.1) is 11.3 Å². The summed E-state index contributed by atoms with van der Waals surface area (Å²) in [6.45, 7) is -0.406. The van der Waals surface area contributed by atoms with E-state index in [0.29, 0.717) is 10.7 Å². The second kappa shape index (κ2) is 7.98. The Morgan fingerprint density at radius 2 is 2.05 bits per heavy atom. The number of carbonyl (C=O) groups is 2. The molecule has 114 valence electrons. The van der Waals surface area contributed by atoms with Crippen LogP contribution in [-0.4, -0.2) is 18.5 Å². The van der Waals surface area contributed by atoms with Gasteiger partial charge in [0, 0.05) is 11.0 Å². The quantitative estimate of drug-likeness (QED) is 0.644. The predicted molar refractivity (Wildman–Crippen MR) is 89.4 cm³/mol.